The van der Waals surface area contributed by atoms with E-state index < -0.39 is 6.09 Å². The summed E-state index contributed by atoms with van der Waals surface area (Å²) in [5, 5.41) is 6.09. The predicted molar refractivity (Wildman–Crippen MR) is 57.8 cm³/mol. The third kappa shape index (κ3) is 2.73. The van der Waals surface area contributed by atoms with Crippen LogP contribution in [0.4, 0.5) is 10.7 Å². The van der Waals surface area contributed by atoms with Gasteiger partial charge in [0, 0.05) is 6.07 Å². The molecule has 1 aliphatic rings. The Bertz CT molecular complexity index is 446. The Kier molecular flexibility index (Phi) is 3.05. The van der Waals surface area contributed by atoms with Gasteiger partial charge < -0.3 is 9.26 Å². The van der Waals surface area contributed by atoms with Crippen LogP contribution in [0.1, 0.15) is 18.5 Å². The molecule has 0 aliphatic heterocycles. The molecule has 1 aromatic rings. The number of ether oxygens (including phenoxy) is 1. The standard InChI is InChI=1S/C11H12N2O3/c1-8-7-10(16-13-8)12-11(14)15-9-5-3-2-4-6-9/h3,5-7H,2,4H2,1H3,(H,12,14). The fourth-order valence-corrected chi connectivity index (χ4v) is 1.32. The zero-order chi connectivity index (χ0) is 11.4. The predicted octanol–water partition coefficient (Wildman–Crippen LogP) is 2.77. The Labute approximate surface area is 92.8 Å². The Hall–Kier alpha value is -2.04. The minimum absolute atomic E-state index is 0.280. The number of aromatic nitrogens is 1. The van der Waals surface area contributed by atoms with E-state index in [1.807, 2.05) is 12.2 Å². The van der Waals surface area contributed by atoms with E-state index in [2.05, 4.69) is 10.5 Å². The van der Waals surface area contributed by atoms with Crippen molar-refractivity contribution in [1.29, 1.82) is 0 Å². The second-order valence-corrected chi connectivity index (χ2v) is 3.43. The Morgan fingerprint density at radius 1 is 1.56 bits per heavy atom. The van der Waals surface area contributed by atoms with E-state index >= 15 is 0 Å². The van der Waals surface area contributed by atoms with Crippen LogP contribution in [0.25, 0.3) is 0 Å². The maximum absolute atomic E-state index is 11.4. The van der Waals surface area contributed by atoms with Crippen LogP contribution in [0.5, 0.6) is 0 Å². The molecular weight excluding hydrogens is 208 g/mol. The van der Waals surface area contributed by atoms with Crippen LogP contribution in [-0.4, -0.2) is 11.2 Å². The third-order valence-electron chi connectivity index (χ3n) is 2.02. The Morgan fingerprint density at radius 2 is 2.44 bits per heavy atom. The summed E-state index contributed by atoms with van der Waals surface area (Å²) in [6.45, 7) is 1.77. The summed E-state index contributed by atoms with van der Waals surface area (Å²) >= 11 is 0. The van der Waals surface area contributed by atoms with E-state index in [9.17, 15) is 4.79 Å². The minimum Gasteiger partial charge on any atom is -0.410 e. The van der Waals surface area contributed by atoms with Crippen LogP contribution in [-0.2, 0) is 4.74 Å². The number of rotatable bonds is 2. The van der Waals surface area contributed by atoms with Gasteiger partial charge in [0.2, 0.25) is 5.88 Å². The maximum Gasteiger partial charge on any atom is 0.419 e. The molecule has 16 heavy (non-hydrogen) atoms. The zero-order valence-electron chi connectivity index (χ0n) is 8.90. The van der Waals surface area contributed by atoms with E-state index in [1.165, 1.54) is 0 Å². The van der Waals surface area contributed by atoms with Gasteiger partial charge in [0.15, 0.2) is 0 Å². The lowest BCUT2D eigenvalue weighted by Gasteiger charge is -2.07. The van der Waals surface area contributed by atoms with Gasteiger partial charge in [-0.25, -0.2) is 4.79 Å². The molecule has 1 N–H and O–H groups in total. The fraction of sp³-hybridized carbons (Fsp3) is 0.273. The lowest BCUT2D eigenvalue weighted by Crippen LogP contribution is -2.12. The maximum atomic E-state index is 11.4. The molecule has 84 valence electrons. The molecule has 5 nitrogen and oxygen atoms in total. The van der Waals surface area contributed by atoms with Crippen LogP contribution in [0.2, 0.25) is 0 Å². The van der Waals surface area contributed by atoms with Gasteiger partial charge in [-0.05, 0) is 31.9 Å². The lowest BCUT2D eigenvalue weighted by molar-refractivity contribution is 0.193. The van der Waals surface area contributed by atoms with Gasteiger partial charge in [-0.3, -0.25) is 5.32 Å². The van der Waals surface area contributed by atoms with Gasteiger partial charge in [-0.15, -0.1) is 0 Å². The fourth-order valence-electron chi connectivity index (χ4n) is 1.32. The number of hydrogen-bond donors (Lipinski definition) is 1. The summed E-state index contributed by atoms with van der Waals surface area (Å²) in [6.07, 6.45) is 6.89. The first-order valence-electron chi connectivity index (χ1n) is 5.03. The molecule has 1 amide bonds. The number of amides is 1. The van der Waals surface area contributed by atoms with Crippen molar-refractivity contribution in [3.63, 3.8) is 0 Å². The summed E-state index contributed by atoms with van der Waals surface area (Å²) in [4.78, 5) is 11.4. The largest absolute Gasteiger partial charge is 0.419 e. The SMILES string of the molecule is Cc1cc(NC(=O)OC2=CCCC=C2)on1. The molecule has 0 radical (unpaired) electrons. The van der Waals surface area contributed by atoms with Gasteiger partial charge >= 0.3 is 6.09 Å². The molecule has 0 unspecified atom stereocenters. The van der Waals surface area contributed by atoms with Crippen molar-refractivity contribution in [2.75, 3.05) is 5.32 Å². The zero-order valence-corrected chi connectivity index (χ0v) is 8.90. The van der Waals surface area contributed by atoms with E-state index in [-0.39, 0.29) is 5.88 Å². The topological polar surface area (TPSA) is 64.4 Å². The molecule has 0 spiro atoms. The van der Waals surface area contributed by atoms with Gasteiger partial charge in [0.1, 0.15) is 5.76 Å². The highest BCUT2D eigenvalue weighted by Gasteiger charge is 2.09. The number of carbonyl (C=O) groups excluding carboxylic acids is 1. The van der Waals surface area contributed by atoms with E-state index in [1.54, 1.807) is 19.1 Å². The second kappa shape index (κ2) is 4.65. The molecular formula is C11H12N2O3. The Morgan fingerprint density at radius 3 is 3.06 bits per heavy atom. The number of nitrogens with zero attached hydrogens (tertiary/aromatic N) is 1. The van der Waals surface area contributed by atoms with Crippen LogP contribution in [0.3, 0.4) is 0 Å². The molecule has 0 aromatic carbocycles. The number of anilines is 1. The molecule has 0 atom stereocenters. The monoisotopic (exact) mass is 220 g/mol. The molecule has 1 heterocycles. The Balaban J connectivity index is 1.89. The molecule has 0 saturated carbocycles. The van der Waals surface area contributed by atoms with Crippen LogP contribution >= 0.6 is 0 Å². The summed E-state index contributed by atoms with van der Waals surface area (Å²) in [6, 6.07) is 1.62. The molecule has 0 bridgehead atoms. The summed E-state index contributed by atoms with van der Waals surface area (Å²) in [7, 11) is 0. The number of aryl methyl sites for hydroxylation is 1. The molecule has 0 saturated heterocycles. The van der Waals surface area contributed by atoms with E-state index in [4.69, 9.17) is 9.26 Å². The van der Waals surface area contributed by atoms with Crippen molar-refractivity contribution in [3.05, 3.63) is 35.7 Å². The molecule has 1 aromatic heterocycles. The van der Waals surface area contributed by atoms with Crippen molar-refractivity contribution < 1.29 is 14.1 Å². The summed E-state index contributed by atoms with van der Waals surface area (Å²) in [5.41, 5.74) is 0.701. The average Bonchev–Trinajstić information content (AvgIpc) is 2.65. The van der Waals surface area contributed by atoms with E-state index in [0.717, 1.165) is 12.8 Å². The highest BCUT2D eigenvalue weighted by atomic mass is 16.6. The van der Waals surface area contributed by atoms with Crippen LogP contribution < -0.4 is 5.32 Å². The first-order chi connectivity index (χ1) is 7.74. The number of nitrogens with one attached hydrogen (secondary N) is 1. The minimum atomic E-state index is -0.575. The van der Waals surface area contributed by atoms with Gasteiger partial charge in [-0.1, -0.05) is 11.2 Å². The van der Waals surface area contributed by atoms with Crippen LogP contribution in [0.15, 0.2) is 34.6 Å². The van der Waals surface area contributed by atoms with Gasteiger partial charge in [0.05, 0.1) is 5.69 Å². The van der Waals surface area contributed by atoms with Gasteiger partial charge in [-0.2, -0.15) is 0 Å². The average molecular weight is 220 g/mol. The molecule has 0 fully saturated rings. The molecule has 1 aliphatic carbocycles. The van der Waals surface area contributed by atoms with Crippen molar-refractivity contribution >= 4 is 12.0 Å². The highest BCUT2D eigenvalue weighted by Crippen LogP contribution is 2.13. The summed E-state index contributed by atoms with van der Waals surface area (Å²) in [5.74, 6) is 0.836. The van der Waals surface area contributed by atoms with Crippen molar-refractivity contribution in [2.45, 2.75) is 19.8 Å². The second-order valence-electron chi connectivity index (χ2n) is 3.43. The first-order valence-corrected chi connectivity index (χ1v) is 5.03. The van der Waals surface area contributed by atoms with Crippen molar-refractivity contribution in [1.82, 2.24) is 5.16 Å². The molecule has 5 heteroatoms. The van der Waals surface area contributed by atoms with Gasteiger partial charge in [0.25, 0.3) is 0 Å². The van der Waals surface area contributed by atoms with Crippen molar-refractivity contribution in [3.8, 4) is 0 Å². The number of carbonyl (C=O) groups is 1. The van der Waals surface area contributed by atoms with E-state index in [0.29, 0.717) is 11.5 Å². The highest BCUT2D eigenvalue weighted by molar-refractivity contribution is 5.83. The normalized spacial score (nSPS) is 14.4. The number of hydrogen-bond acceptors (Lipinski definition) is 4. The molecule has 2 rings (SSSR count). The smallest absolute Gasteiger partial charge is 0.410 e. The number of allylic oxidation sites excluding steroid dienone is 3. The van der Waals surface area contributed by atoms with Crippen molar-refractivity contribution in [2.24, 2.45) is 0 Å². The quantitative estimate of drug-likeness (QED) is 0.832. The summed E-state index contributed by atoms with van der Waals surface area (Å²) < 4.78 is 9.87. The third-order valence-corrected chi connectivity index (χ3v) is 2.02. The van der Waals surface area contributed by atoms with Crippen LogP contribution in [0, 0.1) is 6.92 Å². The first kappa shape index (κ1) is 10.5. The lowest BCUT2D eigenvalue weighted by atomic mass is 10.2.